The van der Waals surface area contributed by atoms with Crippen LogP contribution in [0.3, 0.4) is 0 Å². The molecule has 0 aliphatic rings. The Kier molecular flexibility index (Phi) is 5.27. The van der Waals surface area contributed by atoms with Crippen LogP contribution in [0.1, 0.15) is 12.5 Å². The summed E-state index contributed by atoms with van der Waals surface area (Å²) in [5, 5.41) is 7.03. The Morgan fingerprint density at radius 3 is 2.59 bits per heavy atom. The molecular weight excluding hydrogens is 368 g/mol. The average Bonchev–Trinajstić information content (AvgIpc) is 3.11. The van der Waals surface area contributed by atoms with E-state index in [4.69, 9.17) is 0 Å². The van der Waals surface area contributed by atoms with Crippen molar-refractivity contribution in [2.24, 2.45) is 0 Å². The van der Waals surface area contributed by atoms with Crippen LogP contribution in [0, 0.1) is 6.92 Å². The van der Waals surface area contributed by atoms with Crippen LogP contribution >= 0.6 is 11.3 Å². The first kappa shape index (κ1) is 18.3. The standard InChI is InChI=1S/C17H16N6O3S/c1-9-7-11(3-4-12(9)20-10(2)24)21-16(25)17(26)23-22-15-14-13(5-6-27-14)18-8-19-15/h3-8H,1-2H3,(H,20,24)(H,21,25)(H,23,26)(H,18,19,22). The van der Waals surface area contributed by atoms with Crippen molar-refractivity contribution >= 4 is 56.5 Å². The summed E-state index contributed by atoms with van der Waals surface area (Å²) >= 11 is 1.41. The van der Waals surface area contributed by atoms with Crippen molar-refractivity contribution in [2.75, 3.05) is 16.1 Å². The summed E-state index contributed by atoms with van der Waals surface area (Å²) in [6.07, 6.45) is 1.36. The van der Waals surface area contributed by atoms with Crippen LogP contribution in [0.2, 0.25) is 0 Å². The van der Waals surface area contributed by atoms with E-state index in [9.17, 15) is 14.4 Å². The number of rotatable bonds is 4. The summed E-state index contributed by atoms with van der Waals surface area (Å²) in [6, 6.07) is 6.73. The molecule has 2 heterocycles. The Morgan fingerprint density at radius 2 is 1.85 bits per heavy atom. The lowest BCUT2D eigenvalue weighted by atomic mass is 10.1. The third-order valence-corrected chi connectivity index (χ3v) is 4.45. The molecule has 0 spiro atoms. The smallest absolute Gasteiger partial charge is 0.326 e. The molecule has 2 aromatic heterocycles. The Balaban J connectivity index is 1.61. The maximum absolute atomic E-state index is 12.1. The molecule has 138 valence electrons. The van der Waals surface area contributed by atoms with Gasteiger partial charge in [-0.1, -0.05) is 0 Å². The van der Waals surface area contributed by atoms with Crippen LogP contribution in [0.15, 0.2) is 36.0 Å². The minimum absolute atomic E-state index is 0.190. The Hall–Kier alpha value is -3.53. The van der Waals surface area contributed by atoms with E-state index in [1.807, 2.05) is 11.4 Å². The first-order valence-electron chi connectivity index (χ1n) is 7.88. The number of thiophene rings is 1. The van der Waals surface area contributed by atoms with Gasteiger partial charge in [0.1, 0.15) is 6.33 Å². The average molecular weight is 384 g/mol. The van der Waals surface area contributed by atoms with Gasteiger partial charge >= 0.3 is 11.8 Å². The van der Waals surface area contributed by atoms with Crippen LogP contribution in [-0.2, 0) is 14.4 Å². The molecule has 1 aromatic carbocycles. The fourth-order valence-electron chi connectivity index (χ4n) is 2.31. The highest BCUT2D eigenvalue weighted by Crippen LogP contribution is 2.24. The predicted octanol–water partition coefficient (Wildman–Crippen LogP) is 2.04. The topological polar surface area (TPSA) is 125 Å². The minimum atomic E-state index is -0.873. The van der Waals surface area contributed by atoms with Gasteiger partial charge in [-0.25, -0.2) is 9.97 Å². The number of fused-ring (bicyclic) bond motifs is 1. The Bertz CT molecular complexity index is 1030. The fourth-order valence-corrected chi connectivity index (χ4v) is 3.10. The van der Waals surface area contributed by atoms with E-state index >= 15 is 0 Å². The molecule has 27 heavy (non-hydrogen) atoms. The molecule has 0 aliphatic carbocycles. The number of benzene rings is 1. The van der Waals surface area contributed by atoms with E-state index in [0.717, 1.165) is 15.8 Å². The number of hydrogen-bond donors (Lipinski definition) is 4. The first-order chi connectivity index (χ1) is 12.9. The van der Waals surface area contributed by atoms with Gasteiger partial charge in [0.25, 0.3) is 0 Å². The number of carbonyl (C=O) groups excluding carboxylic acids is 3. The quantitative estimate of drug-likeness (QED) is 0.403. The monoisotopic (exact) mass is 384 g/mol. The number of hydrazine groups is 1. The molecule has 3 aromatic rings. The van der Waals surface area contributed by atoms with E-state index in [1.54, 1.807) is 25.1 Å². The largest absolute Gasteiger partial charge is 0.327 e. The molecule has 0 saturated carbocycles. The van der Waals surface area contributed by atoms with Crippen molar-refractivity contribution in [3.8, 4) is 0 Å². The van der Waals surface area contributed by atoms with E-state index in [2.05, 4.69) is 31.5 Å². The summed E-state index contributed by atoms with van der Waals surface area (Å²) < 4.78 is 0.766. The van der Waals surface area contributed by atoms with E-state index < -0.39 is 11.8 Å². The van der Waals surface area contributed by atoms with Gasteiger partial charge in [-0.2, -0.15) is 0 Å². The number of aryl methyl sites for hydroxylation is 1. The second-order valence-electron chi connectivity index (χ2n) is 5.60. The summed E-state index contributed by atoms with van der Waals surface area (Å²) in [4.78, 5) is 43.3. The number of anilines is 3. The van der Waals surface area contributed by atoms with Crippen LogP contribution in [0.25, 0.3) is 10.2 Å². The summed E-state index contributed by atoms with van der Waals surface area (Å²) in [7, 11) is 0. The summed E-state index contributed by atoms with van der Waals surface area (Å²) in [5.74, 6) is -1.50. The van der Waals surface area contributed by atoms with Crippen LogP contribution in [-0.4, -0.2) is 27.7 Å². The van der Waals surface area contributed by atoms with E-state index in [0.29, 0.717) is 17.2 Å². The van der Waals surface area contributed by atoms with E-state index in [-0.39, 0.29) is 5.91 Å². The number of hydrogen-bond acceptors (Lipinski definition) is 7. The predicted molar refractivity (Wildman–Crippen MR) is 103 cm³/mol. The zero-order chi connectivity index (χ0) is 19.4. The highest BCUT2D eigenvalue weighted by molar-refractivity contribution is 7.17. The van der Waals surface area contributed by atoms with Gasteiger partial charge in [0.05, 0.1) is 10.2 Å². The lowest BCUT2D eigenvalue weighted by molar-refractivity contribution is -0.135. The second kappa shape index (κ2) is 7.79. The molecule has 3 amide bonds. The molecule has 4 N–H and O–H groups in total. The van der Waals surface area contributed by atoms with Crippen molar-refractivity contribution in [2.45, 2.75) is 13.8 Å². The van der Waals surface area contributed by atoms with Gasteiger partial charge in [-0.15, -0.1) is 11.3 Å². The van der Waals surface area contributed by atoms with Gasteiger partial charge < -0.3 is 10.6 Å². The number of amides is 3. The van der Waals surface area contributed by atoms with Crippen molar-refractivity contribution < 1.29 is 14.4 Å². The molecule has 3 rings (SSSR count). The fraction of sp³-hybridized carbons (Fsp3) is 0.118. The van der Waals surface area contributed by atoms with Crippen molar-refractivity contribution in [3.63, 3.8) is 0 Å². The number of nitrogens with one attached hydrogen (secondary N) is 4. The Morgan fingerprint density at radius 1 is 1.04 bits per heavy atom. The van der Waals surface area contributed by atoms with Gasteiger partial charge in [-0.3, -0.25) is 25.2 Å². The van der Waals surface area contributed by atoms with Gasteiger partial charge in [0.2, 0.25) is 5.91 Å². The highest BCUT2D eigenvalue weighted by atomic mass is 32.1. The van der Waals surface area contributed by atoms with Crippen molar-refractivity contribution in [3.05, 3.63) is 41.5 Å². The summed E-state index contributed by atoms with van der Waals surface area (Å²) in [5.41, 5.74) is 7.51. The molecule has 0 aliphatic heterocycles. The van der Waals surface area contributed by atoms with Gasteiger partial charge in [-0.05, 0) is 42.1 Å². The molecule has 0 saturated heterocycles. The molecule has 0 bridgehead atoms. The van der Waals surface area contributed by atoms with Gasteiger partial charge in [0, 0.05) is 18.3 Å². The van der Waals surface area contributed by atoms with Crippen LogP contribution < -0.4 is 21.5 Å². The molecule has 0 radical (unpaired) electrons. The SMILES string of the molecule is CC(=O)Nc1ccc(NC(=O)C(=O)NNc2ncnc3ccsc23)cc1C. The number of nitrogens with zero attached hydrogens (tertiary/aromatic N) is 2. The second-order valence-corrected chi connectivity index (χ2v) is 6.52. The summed E-state index contributed by atoms with van der Waals surface area (Å²) in [6.45, 7) is 3.19. The van der Waals surface area contributed by atoms with Crippen molar-refractivity contribution in [1.29, 1.82) is 0 Å². The number of aromatic nitrogens is 2. The zero-order valence-corrected chi connectivity index (χ0v) is 15.3. The zero-order valence-electron chi connectivity index (χ0n) is 14.5. The third-order valence-electron chi connectivity index (χ3n) is 3.54. The molecule has 9 nitrogen and oxygen atoms in total. The maximum atomic E-state index is 12.1. The van der Waals surface area contributed by atoms with Crippen molar-refractivity contribution in [1.82, 2.24) is 15.4 Å². The highest BCUT2D eigenvalue weighted by Gasteiger charge is 2.15. The number of carbonyl (C=O) groups is 3. The van der Waals surface area contributed by atoms with Crippen LogP contribution in [0.5, 0.6) is 0 Å². The lowest BCUT2D eigenvalue weighted by Gasteiger charge is -2.11. The molecule has 0 unspecified atom stereocenters. The third kappa shape index (κ3) is 4.36. The molecule has 10 heteroatoms. The molecular formula is C17H16N6O3S. The van der Waals surface area contributed by atoms with E-state index in [1.165, 1.54) is 24.6 Å². The maximum Gasteiger partial charge on any atom is 0.327 e. The van der Waals surface area contributed by atoms with Gasteiger partial charge in [0.15, 0.2) is 5.82 Å². The van der Waals surface area contributed by atoms with Crippen LogP contribution in [0.4, 0.5) is 17.2 Å². The normalized spacial score (nSPS) is 10.3. The minimum Gasteiger partial charge on any atom is -0.326 e. The molecule has 0 atom stereocenters. The molecule has 0 fully saturated rings. The lowest BCUT2D eigenvalue weighted by Crippen LogP contribution is -2.39. The first-order valence-corrected chi connectivity index (χ1v) is 8.76. The Labute approximate surface area is 158 Å².